The largest absolute Gasteiger partial charge is 0.478 e. The molecule has 0 spiro atoms. The second kappa shape index (κ2) is 21.5. The van der Waals surface area contributed by atoms with E-state index < -0.39 is 29.0 Å². The molecule has 0 aliphatic carbocycles. The molecule has 0 unspecified atom stereocenters. The third-order valence-electron chi connectivity index (χ3n) is 6.55. The van der Waals surface area contributed by atoms with Crippen LogP contribution in [0.15, 0.2) is 42.5 Å². The molecule has 10 nitrogen and oxygen atoms in total. The number of esters is 2. The van der Waals surface area contributed by atoms with Gasteiger partial charge in [0.1, 0.15) is 0 Å². The number of carboxylic acid groups (broad SMARTS) is 3. The Morgan fingerprint density at radius 3 is 1.23 bits per heavy atom. The van der Waals surface area contributed by atoms with Crippen LogP contribution in [-0.2, 0) is 9.47 Å². The van der Waals surface area contributed by atoms with E-state index in [2.05, 4.69) is 13.8 Å². The van der Waals surface area contributed by atoms with Crippen molar-refractivity contribution in [1.29, 1.82) is 0 Å². The first kappa shape index (κ1) is 36.8. The second-order valence-corrected chi connectivity index (χ2v) is 10.1. The van der Waals surface area contributed by atoms with Crippen LogP contribution in [-0.4, -0.2) is 58.4 Å². The monoisotopic (exact) mass is 600 g/mol. The summed E-state index contributed by atoms with van der Waals surface area (Å²) in [4.78, 5) is 55.8. The van der Waals surface area contributed by atoms with Crippen LogP contribution in [0.3, 0.4) is 0 Å². The maximum Gasteiger partial charge on any atom is 0.338 e. The van der Waals surface area contributed by atoms with Gasteiger partial charge in [0, 0.05) is 0 Å². The summed E-state index contributed by atoms with van der Waals surface area (Å²) in [5.74, 6) is -4.87. The van der Waals surface area contributed by atoms with Gasteiger partial charge in [-0.1, -0.05) is 78.1 Å². The SMILES string of the molecule is CCCCCCCCOC(=O)c1ccc(C(=O)OCCCCCCCC)cc1.O=C(O)c1ccc(C(=O)O)c(C(=O)O)c1. The number of carboxylic acids is 3. The van der Waals surface area contributed by atoms with E-state index in [9.17, 15) is 24.0 Å². The van der Waals surface area contributed by atoms with E-state index in [1.165, 1.54) is 51.4 Å². The Kier molecular flexibility index (Phi) is 18.4. The molecule has 0 fully saturated rings. The van der Waals surface area contributed by atoms with Crippen molar-refractivity contribution in [3.05, 3.63) is 70.3 Å². The molecule has 0 saturated carbocycles. The molecule has 2 aromatic carbocycles. The normalized spacial score (nSPS) is 10.3. The Morgan fingerprint density at radius 1 is 0.488 bits per heavy atom. The van der Waals surface area contributed by atoms with Gasteiger partial charge in [-0.05, 0) is 55.3 Å². The minimum Gasteiger partial charge on any atom is -0.478 e. The lowest BCUT2D eigenvalue weighted by molar-refractivity contribution is 0.0483. The number of hydrogen-bond donors (Lipinski definition) is 3. The number of unbranched alkanes of at least 4 members (excludes halogenated alkanes) is 10. The van der Waals surface area contributed by atoms with Gasteiger partial charge in [-0.25, -0.2) is 24.0 Å². The van der Waals surface area contributed by atoms with E-state index >= 15 is 0 Å². The van der Waals surface area contributed by atoms with Crippen molar-refractivity contribution in [2.24, 2.45) is 0 Å². The van der Waals surface area contributed by atoms with Crippen LogP contribution in [0.4, 0.5) is 0 Å². The number of carbonyl (C=O) groups excluding carboxylic acids is 2. The van der Waals surface area contributed by atoms with Crippen LogP contribution < -0.4 is 0 Å². The first-order valence-electron chi connectivity index (χ1n) is 14.9. The Bertz CT molecular complexity index is 1120. The van der Waals surface area contributed by atoms with Crippen molar-refractivity contribution in [1.82, 2.24) is 0 Å². The van der Waals surface area contributed by atoms with Gasteiger partial charge < -0.3 is 24.8 Å². The Morgan fingerprint density at radius 2 is 0.860 bits per heavy atom. The van der Waals surface area contributed by atoms with Crippen molar-refractivity contribution in [3.63, 3.8) is 0 Å². The molecule has 0 aliphatic rings. The summed E-state index contributed by atoms with van der Waals surface area (Å²) in [5.41, 5.74) is -0.302. The zero-order valence-electron chi connectivity index (χ0n) is 25.1. The van der Waals surface area contributed by atoms with Crippen molar-refractivity contribution >= 4 is 29.8 Å². The van der Waals surface area contributed by atoms with Crippen LogP contribution in [0.2, 0.25) is 0 Å². The highest BCUT2D eigenvalue weighted by Crippen LogP contribution is 2.13. The molecule has 0 aromatic heterocycles. The molecule has 0 radical (unpaired) electrons. The lowest BCUT2D eigenvalue weighted by Crippen LogP contribution is -2.10. The van der Waals surface area contributed by atoms with Crippen molar-refractivity contribution < 1.29 is 48.8 Å². The molecule has 236 valence electrons. The van der Waals surface area contributed by atoms with E-state index in [-0.39, 0.29) is 17.5 Å². The first-order valence-corrected chi connectivity index (χ1v) is 14.9. The maximum absolute atomic E-state index is 12.0. The Balaban J connectivity index is 0.000000517. The van der Waals surface area contributed by atoms with E-state index in [4.69, 9.17) is 24.8 Å². The maximum atomic E-state index is 12.0. The third kappa shape index (κ3) is 15.0. The molecule has 0 aliphatic heterocycles. The first-order chi connectivity index (χ1) is 20.6. The summed E-state index contributed by atoms with van der Waals surface area (Å²) < 4.78 is 10.6. The fourth-order valence-electron chi connectivity index (χ4n) is 4.04. The number of rotatable bonds is 19. The highest BCUT2D eigenvalue weighted by molar-refractivity contribution is 6.03. The summed E-state index contributed by atoms with van der Waals surface area (Å²) in [6, 6.07) is 9.33. The minimum atomic E-state index is -1.48. The third-order valence-corrected chi connectivity index (χ3v) is 6.55. The fraction of sp³-hybridized carbons (Fsp3) is 0.485. The number of ether oxygens (including phenoxy) is 2. The number of benzene rings is 2. The number of carbonyl (C=O) groups is 5. The summed E-state index contributed by atoms with van der Waals surface area (Å²) in [6.45, 7) is 5.30. The van der Waals surface area contributed by atoms with Crippen LogP contribution in [0, 0.1) is 0 Å². The van der Waals surface area contributed by atoms with Gasteiger partial charge in [-0.3, -0.25) is 0 Å². The molecular weight excluding hydrogens is 556 g/mol. The van der Waals surface area contributed by atoms with Crippen LogP contribution in [0.25, 0.3) is 0 Å². The number of aromatic carboxylic acids is 3. The number of hydrogen-bond acceptors (Lipinski definition) is 7. The van der Waals surface area contributed by atoms with Gasteiger partial charge in [-0.15, -0.1) is 0 Å². The molecule has 0 bridgehead atoms. The zero-order valence-corrected chi connectivity index (χ0v) is 25.1. The Hall–Kier alpha value is -4.21. The predicted molar refractivity (Wildman–Crippen MR) is 161 cm³/mol. The molecule has 0 atom stereocenters. The van der Waals surface area contributed by atoms with Gasteiger partial charge in [-0.2, -0.15) is 0 Å². The molecule has 3 N–H and O–H groups in total. The quantitative estimate of drug-likeness (QED) is 0.109. The van der Waals surface area contributed by atoms with Crippen molar-refractivity contribution in [3.8, 4) is 0 Å². The lowest BCUT2D eigenvalue weighted by atomic mass is 10.0. The average molecular weight is 601 g/mol. The van der Waals surface area contributed by atoms with Crippen molar-refractivity contribution in [2.45, 2.75) is 90.9 Å². The van der Waals surface area contributed by atoms with Gasteiger partial charge in [0.2, 0.25) is 0 Å². The van der Waals surface area contributed by atoms with E-state index in [0.717, 1.165) is 43.9 Å². The van der Waals surface area contributed by atoms with Crippen molar-refractivity contribution in [2.75, 3.05) is 13.2 Å². The minimum absolute atomic E-state index is 0.266. The topological polar surface area (TPSA) is 165 Å². The van der Waals surface area contributed by atoms with Crippen LogP contribution in [0.5, 0.6) is 0 Å². The Labute approximate surface area is 253 Å². The van der Waals surface area contributed by atoms with Crippen LogP contribution in [0.1, 0.15) is 143 Å². The van der Waals surface area contributed by atoms with Gasteiger partial charge in [0.15, 0.2) is 0 Å². The molecule has 2 rings (SSSR count). The summed E-state index contributed by atoms with van der Waals surface area (Å²) in [7, 11) is 0. The van der Waals surface area contributed by atoms with E-state index in [1.807, 2.05) is 0 Å². The zero-order chi connectivity index (χ0) is 32.0. The standard InChI is InChI=1S/C24H38O4.C9H6O6/c1-3-5-7-9-11-13-19-27-23(25)21-15-17-22(18-16-21)24(26)28-20-14-12-10-8-6-4-2;10-7(11)4-1-2-5(8(12)13)6(3-4)9(14)15/h15-18H,3-14,19-20H2,1-2H3;1-3H,(H,10,11)(H,12,13)(H,14,15). The second-order valence-electron chi connectivity index (χ2n) is 10.1. The molecule has 43 heavy (non-hydrogen) atoms. The van der Waals surface area contributed by atoms with Gasteiger partial charge in [0.05, 0.1) is 41.0 Å². The van der Waals surface area contributed by atoms with E-state index in [0.29, 0.717) is 24.3 Å². The molecule has 2 aromatic rings. The van der Waals surface area contributed by atoms with Gasteiger partial charge in [0.25, 0.3) is 0 Å². The molecule has 0 saturated heterocycles. The highest BCUT2D eigenvalue weighted by atomic mass is 16.5. The summed E-state index contributed by atoms with van der Waals surface area (Å²) in [6.07, 6.45) is 13.9. The lowest BCUT2D eigenvalue weighted by Gasteiger charge is -2.07. The van der Waals surface area contributed by atoms with Gasteiger partial charge >= 0.3 is 29.8 Å². The molecular formula is C33H44O10. The summed E-state index contributed by atoms with van der Waals surface area (Å²) in [5, 5.41) is 25.9. The predicted octanol–water partition coefficient (Wildman–Crippen LogP) is 7.50. The molecule has 10 heteroatoms. The highest BCUT2D eigenvalue weighted by Gasteiger charge is 2.18. The van der Waals surface area contributed by atoms with Crippen LogP contribution >= 0.6 is 0 Å². The molecule has 0 heterocycles. The fourth-order valence-corrected chi connectivity index (χ4v) is 4.04. The average Bonchev–Trinajstić information content (AvgIpc) is 2.99. The smallest absolute Gasteiger partial charge is 0.338 e. The van der Waals surface area contributed by atoms with E-state index in [1.54, 1.807) is 24.3 Å². The molecule has 0 amide bonds. The summed E-state index contributed by atoms with van der Waals surface area (Å²) >= 11 is 0.